The Balaban J connectivity index is 2.89. The Morgan fingerprint density at radius 2 is 0.667 bits per heavy atom. The van der Waals surface area contributed by atoms with Crippen LogP contribution in [0.3, 0.4) is 0 Å². The molecule has 0 fully saturated rings. The van der Waals surface area contributed by atoms with Crippen LogP contribution in [0.25, 0.3) is 0 Å². The molecule has 2 atom stereocenters. The van der Waals surface area contributed by atoms with Gasteiger partial charge in [0.15, 0.2) is 8.67 Å². The standard InChI is InChI=1S/C8Cl10/c9-1-3(11)7(15,16)6(14)2(10)4(12)8(17,18)5(1,6)13/t5-,6-/m0/s1. The minimum atomic E-state index is -1.92. The average Bonchev–Trinajstić information content (AvgIpc) is 2.46. The largest absolute Gasteiger partial charge is 0.180 e. The Morgan fingerprint density at radius 1 is 0.444 bits per heavy atom. The normalized spacial score (nSPS) is 41.7. The number of hydrogen-bond donors (Lipinski definition) is 0. The number of halogens is 10. The molecule has 0 aromatic heterocycles. The van der Waals surface area contributed by atoms with Crippen LogP contribution in [0.4, 0.5) is 0 Å². The molecule has 2 aliphatic carbocycles. The molecule has 0 radical (unpaired) electrons. The van der Waals surface area contributed by atoms with Gasteiger partial charge in [-0.15, -0.1) is 23.2 Å². The summed E-state index contributed by atoms with van der Waals surface area (Å²) < 4.78 is -3.84. The zero-order chi connectivity index (χ0) is 14.3. The van der Waals surface area contributed by atoms with Gasteiger partial charge in [-0.05, 0) is 0 Å². The summed E-state index contributed by atoms with van der Waals surface area (Å²) in [5.41, 5.74) is 0. The summed E-state index contributed by atoms with van der Waals surface area (Å²) in [5, 5.41) is -0.815. The molecule has 0 bridgehead atoms. The van der Waals surface area contributed by atoms with E-state index in [2.05, 4.69) is 0 Å². The molecule has 0 nitrogen and oxygen atoms in total. The molecule has 102 valence electrons. The van der Waals surface area contributed by atoms with Crippen molar-refractivity contribution < 1.29 is 0 Å². The third-order valence-corrected chi connectivity index (χ3v) is 9.43. The first-order chi connectivity index (χ1) is 7.88. The van der Waals surface area contributed by atoms with Gasteiger partial charge in [-0.1, -0.05) is 92.8 Å². The molecule has 2 rings (SSSR count). The highest BCUT2D eigenvalue weighted by Gasteiger charge is 2.82. The second kappa shape index (κ2) is 4.44. The van der Waals surface area contributed by atoms with Crippen LogP contribution < -0.4 is 0 Å². The Labute approximate surface area is 153 Å². The third kappa shape index (κ3) is 1.47. The highest BCUT2D eigenvalue weighted by Crippen LogP contribution is 2.77. The van der Waals surface area contributed by atoms with Gasteiger partial charge < -0.3 is 0 Å². The fourth-order valence-corrected chi connectivity index (χ4v) is 6.35. The molecule has 0 N–H and O–H groups in total. The lowest BCUT2D eigenvalue weighted by Crippen LogP contribution is -2.55. The van der Waals surface area contributed by atoms with Gasteiger partial charge in [-0.2, -0.15) is 0 Å². The topological polar surface area (TPSA) is 0 Å². The molecule has 18 heavy (non-hydrogen) atoms. The van der Waals surface area contributed by atoms with Gasteiger partial charge in [0.1, 0.15) is 9.75 Å². The van der Waals surface area contributed by atoms with E-state index in [9.17, 15) is 0 Å². The predicted molar refractivity (Wildman–Crippen MR) is 83.5 cm³/mol. The van der Waals surface area contributed by atoms with E-state index in [4.69, 9.17) is 116 Å². The molecule has 0 heterocycles. The van der Waals surface area contributed by atoms with Gasteiger partial charge in [0, 0.05) is 0 Å². The lowest BCUT2D eigenvalue weighted by atomic mass is 9.95. The first-order valence-corrected chi connectivity index (χ1v) is 7.92. The second-order valence-corrected chi connectivity index (χ2v) is 9.02. The Hall–Kier alpha value is 2.38. The summed E-state index contributed by atoms with van der Waals surface area (Å²) in [6, 6.07) is 0. The molecular formula is C8Cl10. The first-order valence-electron chi connectivity index (χ1n) is 4.14. The molecule has 0 spiro atoms. The first kappa shape index (κ1) is 16.7. The maximum Gasteiger partial charge on any atom is 0.180 e. The average molecular weight is 451 g/mol. The Morgan fingerprint density at radius 3 is 0.889 bits per heavy atom. The highest BCUT2D eigenvalue weighted by atomic mass is 35.5. The van der Waals surface area contributed by atoms with Crippen molar-refractivity contribution in [1.82, 2.24) is 0 Å². The molecule has 0 amide bonds. The van der Waals surface area contributed by atoms with Gasteiger partial charge in [-0.3, -0.25) is 0 Å². The zero-order valence-corrected chi connectivity index (χ0v) is 15.3. The quantitative estimate of drug-likeness (QED) is 0.361. The molecule has 0 saturated carbocycles. The summed E-state index contributed by atoms with van der Waals surface area (Å²) in [6.45, 7) is 0. The van der Waals surface area contributed by atoms with Gasteiger partial charge >= 0.3 is 0 Å². The van der Waals surface area contributed by atoms with Gasteiger partial charge in [0.05, 0.1) is 20.1 Å². The van der Waals surface area contributed by atoms with Crippen molar-refractivity contribution >= 4 is 116 Å². The number of alkyl halides is 6. The maximum absolute atomic E-state index is 6.37. The SMILES string of the molecule is ClC1=C(Cl)[C@@]2(Cl)C(Cl)(Cl)C(Cl)=C(Cl)[C@@]2(Cl)C1(Cl)Cl. The molecule has 0 saturated heterocycles. The summed E-state index contributed by atoms with van der Waals surface area (Å²) in [4.78, 5) is -3.75. The van der Waals surface area contributed by atoms with Gasteiger partial charge in [0.25, 0.3) is 0 Å². The molecule has 0 aromatic carbocycles. The van der Waals surface area contributed by atoms with Crippen LogP contribution in [0.15, 0.2) is 20.1 Å². The Kier molecular flexibility index (Phi) is 4.13. The van der Waals surface area contributed by atoms with Gasteiger partial charge in [-0.25, -0.2) is 0 Å². The van der Waals surface area contributed by atoms with E-state index in [0.29, 0.717) is 0 Å². The van der Waals surface area contributed by atoms with Crippen LogP contribution in [0.2, 0.25) is 0 Å². The molecule has 0 unspecified atom stereocenters. The van der Waals surface area contributed by atoms with Gasteiger partial charge in [0.2, 0.25) is 0 Å². The molecule has 0 aromatic rings. The number of hydrogen-bond acceptors (Lipinski definition) is 0. The number of rotatable bonds is 0. The van der Waals surface area contributed by atoms with E-state index in [1.54, 1.807) is 0 Å². The van der Waals surface area contributed by atoms with Crippen molar-refractivity contribution in [2.45, 2.75) is 18.4 Å². The lowest BCUT2D eigenvalue weighted by molar-refractivity contribution is 0.572. The molecule has 10 heteroatoms. The van der Waals surface area contributed by atoms with E-state index < -0.39 is 18.4 Å². The Bertz CT molecular complexity index is 456. The highest BCUT2D eigenvalue weighted by molar-refractivity contribution is 6.73. The summed E-state index contributed by atoms with van der Waals surface area (Å²) in [5.74, 6) is 0. The number of fused-ring (bicyclic) bond motifs is 1. The zero-order valence-electron chi connectivity index (χ0n) is 7.78. The van der Waals surface area contributed by atoms with Crippen molar-refractivity contribution in [2.75, 3.05) is 0 Å². The smallest absolute Gasteiger partial charge is 0.107 e. The minimum Gasteiger partial charge on any atom is -0.107 e. The van der Waals surface area contributed by atoms with Crippen molar-refractivity contribution in [3.8, 4) is 0 Å². The van der Waals surface area contributed by atoms with Crippen molar-refractivity contribution in [3.05, 3.63) is 20.1 Å². The lowest BCUT2D eigenvalue weighted by Gasteiger charge is -2.40. The van der Waals surface area contributed by atoms with Crippen molar-refractivity contribution in [3.63, 3.8) is 0 Å². The van der Waals surface area contributed by atoms with Crippen LogP contribution in [-0.4, -0.2) is 18.4 Å². The van der Waals surface area contributed by atoms with E-state index in [0.717, 1.165) is 0 Å². The summed E-state index contributed by atoms with van der Waals surface area (Å²) in [6.07, 6.45) is 0. The minimum absolute atomic E-state index is 0.203. The van der Waals surface area contributed by atoms with Crippen LogP contribution in [0, 0.1) is 0 Å². The van der Waals surface area contributed by atoms with E-state index in [-0.39, 0.29) is 20.1 Å². The molecular weight excluding hydrogens is 451 g/mol. The fourth-order valence-electron chi connectivity index (χ4n) is 1.89. The third-order valence-electron chi connectivity index (χ3n) is 2.88. The van der Waals surface area contributed by atoms with Crippen molar-refractivity contribution in [1.29, 1.82) is 0 Å². The second-order valence-electron chi connectivity index (χ2n) is 3.72. The van der Waals surface area contributed by atoms with E-state index >= 15 is 0 Å². The number of allylic oxidation sites excluding steroid dienone is 4. The summed E-state index contributed by atoms with van der Waals surface area (Å²) >= 11 is 61.2. The fraction of sp³-hybridized carbons (Fsp3) is 0.500. The molecule has 2 aliphatic rings. The predicted octanol–water partition coefficient (Wildman–Crippen LogP) is 6.69. The van der Waals surface area contributed by atoms with Crippen LogP contribution in [0.5, 0.6) is 0 Å². The maximum atomic E-state index is 6.37. The van der Waals surface area contributed by atoms with Crippen LogP contribution >= 0.6 is 116 Å². The van der Waals surface area contributed by atoms with Crippen LogP contribution in [0.1, 0.15) is 0 Å². The van der Waals surface area contributed by atoms with E-state index in [1.165, 1.54) is 0 Å². The molecule has 0 aliphatic heterocycles. The van der Waals surface area contributed by atoms with Crippen LogP contribution in [-0.2, 0) is 0 Å². The summed E-state index contributed by atoms with van der Waals surface area (Å²) in [7, 11) is 0. The monoisotopic (exact) mass is 446 g/mol. The van der Waals surface area contributed by atoms with E-state index in [1.807, 2.05) is 0 Å². The van der Waals surface area contributed by atoms with Crippen molar-refractivity contribution in [2.24, 2.45) is 0 Å².